The molecule has 0 aromatic rings. The Kier molecular flexibility index (Phi) is 18.8. The first-order chi connectivity index (χ1) is 5.41. The summed E-state index contributed by atoms with van der Waals surface area (Å²) in [7, 11) is 1.25. The molecule has 0 rings (SSSR count). The molecule has 2 heteroatoms. The Bertz CT molecular complexity index is 58.9. The molecular formula is C10H24LiP. The van der Waals surface area contributed by atoms with Gasteiger partial charge in [0.2, 0.25) is 0 Å². The summed E-state index contributed by atoms with van der Waals surface area (Å²) in [5.74, 6) is 0. The molecule has 0 saturated carbocycles. The first-order valence-corrected chi connectivity index (χ1v) is 6.54. The third kappa shape index (κ3) is 13.6. The van der Waals surface area contributed by atoms with E-state index in [1.165, 1.54) is 59.4 Å². The second-order valence-electron chi connectivity index (χ2n) is 3.16. The number of rotatable bonds is 8. The molecule has 0 nitrogen and oxygen atoms in total. The average molecular weight is 182 g/mol. The zero-order chi connectivity index (χ0) is 8.36. The standard InChI is InChI=1S/C10H23P.Li.H/c1-3-5-7-9-11-10-8-6-4-2;;/h11H,3-10H2,1-2H3;;. The van der Waals surface area contributed by atoms with E-state index in [1.807, 2.05) is 0 Å². The Morgan fingerprint density at radius 2 is 1.17 bits per heavy atom. The van der Waals surface area contributed by atoms with Gasteiger partial charge in [-0.25, -0.2) is 0 Å². The van der Waals surface area contributed by atoms with Crippen molar-refractivity contribution in [2.45, 2.75) is 52.4 Å². The van der Waals surface area contributed by atoms with Crippen LogP contribution in [-0.2, 0) is 0 Å². The topological polar surface area (TPSA) is 0 Å². The van der Waals surface area contributed by atoms with Gasteiger partial charge in [-0.15, -0.1) is 8.58 Å². The molecule has 0 saturated heterocycles. The third-order valence-electron chi connectivity index (χ3n) is 1.91. The van der Waals surface area contributed by atoms with E-state index in [-0.39, 0.29) is 18.9 Å². The van der Waals surface area contributed by atoms with Gasteiger partial charge in [-0.05, 0) is 25.2 Å². The van der Waals surface area contributed by atoms with Crippen LogP contribution in [0.5, 0.6) is 0 Å². The van der Waals surface area contributed by atoms with Gasteiger partial charge < -0.3 is 0 Å². The van der Waals surface area contributed by atoms with Gasteiger partial charge in [0.15, 0.2) is 0 Å². The van der Waals surface area contributed by atoms with Crippen molar-refractivity contribution in [1.29, 1.82) is 0 Å². The SMILES string of the molecule is CCCCCPCCCCC.[LiH]. The van der Waals surface area contributed by atoms with Crippen LogP contribution in [0.25, 0.3) is 0 Å². The minimum atomic E-state index is 0. The van der Waals surface area contributed by atoms with Crippen LogP contribution in [0.3, 0.4) is 0 Å². The van der Waals surface area contributed by atoms with Gasteiger partial charge in [0.05, 0.1) is 0 Å². The van der Waals surface area contributed by atoms with E-state index in [0.29, 0.717) is 0 Å². The van der Waals surface area contributed by atoms with Crippen LogP contribution >= 0.6 is 8.58 Å². The molecule has 0 aliphatic carbocycles. The van der Waals surface area contributed by atoms with Crippen LogP contribution in [0.2, 0.25) is 0 Å². The average Bonchev–Trinajstić information content (AvgIpc) is 2.03. The van der Waals surface area contributed by atoms with Crippen LogP contribution < -0.4 is 0 Å². The van der Waals surface area contributed by atoms with Crippen LogP contribution in [0, 0.1) is 0 Å². The predicted molar refractivity (Wildman–Crippen MR) is 64.2 cm³/mol. The molecule has 70 valence electrons. The van der Waals surface area contributed by atoms with Crippen molar-refractivity contribution < 1.29 is 0 Å². The number of unbranched alkanes of at least 4 members (excludes halogenated alkanes) is 4. The molecule has 0 spiro atoms. The Morgan fingerprint density at radius 3 is 1.50 bits per heavy atom. The van der Waals surface area contributed by atoms with Crippen LogP contribution in [0.15, 0.2) is 0 Å². The van der Waals surface area contributed by atoms with Crippen molar-refractivity contribution in [3.05, 3.63) is 0 Å². The van der Waals surface area contributed by atoms with Crippen molar-refractivity contribution in [3.63, 3.8) is 0 Å². The fraction of sp³-hybridized carbons (Fsp3) is 1.00. The molecule has 0 aliphatic heterocycles. The molecule has 0 aromatic heterocycles. The maximum atomic E-state index is 2.28. The van der Waals surface area contributed by atoms with Crippen molar-refractivity contribution in [2.24, 2.45) is 0 Å². The zero-order valence-electron chi connectivity index (χ0n) is 8.16. The van der Waals surface area contributed by atoms with Gasteiger partial charge in [0.25, 0.3) is 0 Å². The molecule has 0 fully saturated rings. The Morgan fingerprint density at radius 1 is 0.750 bits per heavy atom. The quantitative estimate of drug-likeness (QED) is 0.306. The van der Waals surface area contributed by atoms with Crippen molar-refractivity contribution >= 4 is 27.4 Å². The summed E-state index contributed by atoms with van der Waals surface area (Å²) in [6, 6.07) is 0. The Hall–Kier alpha value is 1.03. The summed E-state index contributed by atoms with van der Waals surface area (Å²) < 4.78 is 0. The number of hydrogen-bond acceptors (Lipinski definition) is 0. The minimum absolute atomic E-state index is 0. The molecule has 0 heterocycles. The van der Waals surface area contributed by atoms with Crippen LogP contribution in [0.1, 0.15) is 52.4 Å². The molecular weight excluding hydrogens is 158 g/mol. The monoisotopic (exact) mass is 182 g/mol. The predicted octanol–water partition coefficient (Wildman–Crippen LogP) is 3.40. The summed E-state index contributed by atoms with van der Waals surface area (Å²) in [5.41, 5.74) is 0. The second kappa shape index (κ2) is 14.5. The molecule has 0 N–H and O–H groups in total. The van der Waals surface area contributed by atoms with Crippen molar-refractivity contribution in [1.82, 2.24) is 0 Å². The molecule has 0 unspecified atom stereocenters. The van der Waals surface area contributed by atoms with Crippen LogP contribution in [0.4, 0.5) is 0 Å². The first kappa shape index (κ1) is 15.5. The fourth-order valence-electron chi connectivity index (χ4n) is 1.12. The Balaban J connectivity index is 0. The zero-order valence-corrected chi connectivity index (χ0v) is 9.16. The van der Waals surface area contributed by atoms with E-state index < -0.39 is 0 Å². The van der Waals surface area contributed by atoms with Gasteiger partial charge >= 0.3 is 18.9 Å². The van der Waals surface area contributed by atoms with E-state index in [1.54, 1.807) is 0 Å². The normalized spacial score (nSPS) is 9.50. The van der Waals surface area contributed by atoms with Gasteiger partial charge in [0, 0.05) is 0 Å². The first-order valence-electron chi connectivity index (χ1n) is 5.12. The summed E-state index contributed by atoms with van der Waals surface area (Å²) >= 11 is 0. The van der Waals surface area contributed by atoms with E-state index >= 15 is 0 Å². The molecule has 0 atom stereocenters. The summed E-state index contributed by atoms with van der Waals surface area (Å²) in [5, 5.41) is 0. The van der Waals surface area contributed by atoms with E-state index in [0.717, 1.165) is 0 Å². The molecule has 0 aromatic carbocycles. The summed E-state index contributed by atoms with van der Waals surface area (Å²) in [6.45, 7) is 4.56. The molecule has 12 heavy (non-hydrogen) atoms. The Labute approximate surface area is 92.2 Å². The van der Waals surface area contributed by atoms with E-state index in [2.05, 4.69) is 13.8 Å². The number of hydrogen-bond donors (Lipinski definition) is 0. The van der Waals surface area contributed by atoms with Crippen molar-refractivity contribution in [2.75, 3.05) is 12.3 Å². The van der Waals surface area contributed by atoms with E-state index in [9.17, 15) is 0 Å². The molecule has 0 radical (unpaired) electrons. The fourth-order valence-corrected chi connectivity index (χ4v) is 2.37. The molecule has 0 bridgehead atoms. The van der Waals surface area contributed by atoms with Crippen LogP contribution in [-0.4, -0.2) is 31.2 Å². The van der Waals surface area contributed by atoms with E-state index in [4.69, 9.17) is 0 Å². The van der Waals surface area contributed by atoms with Gasteiger partial charge in [0.1, 0.15) is 0 Å². The molecule has 0 aliphatic rings. The second-order valence-corrected chi connectivity index (χ2v) is 4.66. The van der Waals surface area contributed by atoms with Crippen molar-refractivity contribution in [3.8, 4) is 0 Å². The van der Waals surface area contributed by atoms with Gasteiger partial charge in [-0.2, -0.15) is 0 Å². The van der Waals surface area contributed by atoms with Gasteiger partial charge in [-0.1, -0.05) is 39.5 Å². The molecule has 0 amide bonds. The summed E-state index contributed by atoms with van der Waals surface area (Å²) in [6.07, 6.45) is 11.6. The third-order valence-corrected chi connectivity index (χ3v) is 3.33. The maximum absolute atomic E-state index is 2.28. The van der Waals surface area contributed by atoms with Gasteiger partial charge in [-0.3, -0.25) is 0 Å². The summed E-state index contributed by atoms with van der Waals surface area (Å²) in [4.78, 5) is 0.